The van der Waals surface area contributed by atoms with E-state index in [1.54, 1.807) is 19.0 Å². The summed E-state index contributed by atoms with van der Waals surface area (Å²) >= 11 is 0. The molecule has 0 saturated carbocycles. The summed E-state index contributed by atoms with van der Waals surface area (Å²) in [4.78, 5) is 32.8. The highest BCUT2D eigenvalue weighted by Crippen LogP contribution is 2.38. The second-order valence-corrected chi connectivity index (χ2v) is 10.5. The van der Waals surface area contributed by atoms with Gasteiger partial charge in [0.15, 0.2) is 0 Å². The third-order valence-corrected chi connectivity index (χ3v) is 7.66. The second-order valence-electron chi connectivity index (χ2n) is 10.5. The molecule has 2 aromatic carbocycles. The molecule has 4 rings (SSSR count). The fourth-order valence-corrected chi connectivity index (χ4v) is 5.44. The lowest BCUT2D eigenvalue weighted by Gasteiger charge is -2.47. The van der Waals surface area contributed by atoms with Gasteiger partial charge in [-0.25, -0.2) is 0 Å². The van der Waals surface area contributed by atoms with Gasteiger partial charge in [-0.3, -0.25) is 19.4 Å². The molecule has 2 heterocycles. The molecule has 6 nitrogen and oxygen atoms in total. The van der Waals surface area contributed by atoms with E-state index in [0.717, 1.165) is 5.56 Å². The van der Waals surface area contributed by atoms with Gasteiger partial charge in [0.1, 0.15) is 0 Å². The predicted molar refractivity (Wildman–Crippen MR) is 137 cm³/mol. The Balaban J connectivity index is 1.55. The van der Waals surface area contributed by atoms with Crippen molar-refractivity contribution in [3.05, 3.63) is 70.8 Å². The number of hydrogen-bond acceptors (Lipinski definition) is 4. The Bertz CT molecular complexity index is 1160. The Morgan fingerprint density at radius 1 is 0.850 bits per heavy atom. The normalized spacial score (nSPS) is 21.4. The van der Waals surface area contributed by atoms with Gasteiger partial charge in [-0.2, -0.15) is 26.3 Å². The second kappa shape index (κ2) is 11.8. The summed E-state index contributed by atoms with van der Waals surface area (Å²) in [5.41, 5.74) is -2.71. The lowest BCUT2D eigenvalue weighted by atomic mass is 9.84. The van der Waals surface area contributed by atoms with Crippen molar-refractivity contribution in [1.29, 1.82) is 0 Å². The third-order valence-electron chi connectivity index (χ3n) is 7.66. The standard InChI is InChI=1S/C28H32F6N4O2/c1-35(2)25(39)18-36-10-12-37(13-11-36)24-8-9-38(17-23(24)19-6-4-3-5-7-19)26(40)20-14-21(27(29,30)31)16-22(15-20)28(32,33)34/h3-7,14-16,23-24H,8-13,17-18H2,1-2H3/t23-,24-/m0/s1. The minimum absolute atomic E-state index is 0.0189. The van der Waals surface area contributed by atoms with Gasteiger partial charge in [0, 0.05) is 70.9 Å². The maximum Gasteiger partial charge on any atom is 0.416 e. The number of carbonyl (C=O) groups excluding carboxylic acids is 2. The molecule has 40 heavy (non-hydrogen) atoms. The molecule has 0 radical (unpaired) electrons. The van der Waals surface area contributed by atoms with Crippen LogP contribution in [0, 0.1) is 0 Å². The first kappa shape index (κ1) is 29.9. The lowest BCUT2D eigenvalue weighted by Crippen LogP contribution is -2.57. The van der Waals surface area contributed by atoms with Gasteiger partial charge in [-0.15, -0.1) is 0 Å². The predicted octanol–water partition coefficient (Wildman–Crippen LogP) is 4.43. The molecule has 0 aliphatic carbocycles. The minimum atomic E-state index is -5.03. The van der Waals surface area contributed by atoms with E-state index >= 15 is 0 Å². The van der Waals surface area contributed by atoms with Crippen molar-refractivity contribution < 1.29 is 35.9 Å². The molecule has 2 atom stereocenters. The number of rotatable bonds is 5. The molecule has 2 aliphatic rings. The maximum atomic E-state index is 13.4. The quantitative estimate of drug-likeness (QED) is 0.500. The van der Waals surface area contributed by atoms with Crippen LogP contribution in [0.2, 0.25) is 0 Å². The van der Waals surface area contributed by atoms with Crippen LogP contribution in [0.1, 0.15) is 39.4 Å². The van der Waals surface area contributed by atoms with E-state index in [4.69, 9.17) is 0 Å². The Hall–Kier alpha value is -3.12. The highest BCUT2D eigenvalue weighted by molar-refractivity contribution is 5.95. The molecule has 2 aromatic rings. The smallest absolute Gasteiger partial charge is 0.348 e. The zero-order chi connectivity index (χ0) is 29.2. The van der Waals surface area contributed by atoms with Crippen LogP contribution in [-0.2, 0) is 17.1 Å². The highest BCUT2D eigenvalue weighted by atomic mass is 19.4. The van der Waals surface area contributed by atoms with Gasteiger partial charge < -0.3 is 9.80 Å². The van der Waals surface area contributed by atoms with Gasteiger partial charge in [0.2, 0.25) is 5.91 Å². The zero-order valence-electron chi connectivity index (χ0n) is 22.3. The van der Waals surface area contributed by atoms with Crippen molar-refractivity contribution >= 4 is 11.8 Å². The van der Waals surface area contributed by atoms with Crippen LogP contribution in [0.5, 0.6) is 0 Å². The fourth-order valence-electron chi connectivity index (χ4n) is 5.44. The van der Waals surface area contributed by atoms with Gasteiger partial charge in [-0.1, -0.05) is 30.3 Å². The van der Waals surface area contributed by atoms with E-state index in [1.807, 2.05) is 30.3 Å². The van der Waals surface area contributed by atoms with Crippen molar-refractivity contribution in [1.82, 2.24) is 19.6 Å². The molecule has 0 aromatic heterocycles. The highest BCUT2D eigenvalue weighted by Gasteiger charge is 2.40. The number of alkyl halides is 6. The van der Waals surface area contributed by atoms with E-state index in [0.29, 0.717) is 51.3 Å². The van der Waals surface area contributed by atoms with E-state index in [9.17, 15) is 35.9 Å². The largest absolute Gasteiger partial charge is 0.416 e. The Morgan fingerprint density at radius 3 is 1.95 bits per heavy atom. The molecule has 218 valence electrons. The molecule has 12 heteroatoms. The van der Waals surface area contributed by atoms with Crippen LogP contribution >= 0.6 is 0 Å². The first-order valence-corrected chi connectivity index (χ1v) is 13.0. The van der Waals surface area contributed by atoms with Gasteiger partial charge in [-0.05, 0) is 30.2 Å². The van der Waals surface area contributed by atoms with Crippen molar-refractivity contribution in [3.8, 4) is 0 Å². The zero-order valence-corrected chi connectivity index (χ0v) is 22.3. The Morgan fingerprint density at radius 2 is 1.43 bits per heavy atom. The van der Waals surface area contributed by atoms with Gasteiger partial charge in [0.05, 0.1) is 17.7 Å². The number of nitrogens with zero attached hydrogens (tertiary/aromatic N) is 4. The number of benzene rings is 2. The number of likely N-dealkylation sites (tertiary alicyclic amines) is 1. The lowest BCUT2D eigenvalue weighted by molar-refractivity contribution is -0.143. The van der Waals surface area contributed by atoms with Crippen molar-refractivity contribution in [2.45, 2.75) is 30.7 Å². The number of carbonyl (C=O) groups is 2. The summed E-state index contributed by atoms with van der Waals surface area (Å²) in [5, 5.41) is 0. The molecule has 0 spiro atoms. The molecular weight excluding hydrogens is 538 g/mol. The molecular formula is C28H32F6N4O2. The number of likely N-dealkylation sites (N-methyl/N-ethyl adjacent to an activating group) is 1. The number of halogens is 6. The molecule has 0 N–H and O–H groups in total. The van der Waals surface area contributed by atoms with E-state index in [2.05, 4.69) is 9.80 Å². The third kappa shape index (κ3) is 6.95. The summed E-state index contributed by atoms with van der Waals surface area (Å²) in [7, 11) is 3.42. The van der Waals surface area contributed by atoms with E-state index in [1.165, 1.54) is 4.90 Å². The van der Waals surface area contributed by atoms with Crippen LogP contribution in [0.3, 0.4) is 0 Å². The minimum Gasteiger partial charge on any atom is -0.348 e. The van der Waals surface area contributed by atoms with E-state index in [-0.39, 0.29) is 37.0 Å². The van der Waals surface area contributed by atoms with Crippen LogP contribution in [-0.4, -0.2) is 97.4 Å². The summed E-state index contributed by atoms with van der Waals surface area (Å²) in [6.45, 7) is 3.45. The molecule has 2 amide bonds. The van der Waals surface area contributed by atoms with Crippen molar-refractivity contribution in [2.75, 3.05) is 59.9 Å². The van der Waals surface area contributed by atoms with Gasteiger partial charge >= 0.3 is 12.4 Å². The Labute approximate surface area is 229 Å². The first-order chi connectivity index (χ1) is 18.7. The van der Waals surface area contributed by atoms with Crippen LogP contribution in [0.4, 0.5) is 26.3 Å². The summed E-state index contributed by atoms with van der Waals surface area (Å²) in [5.74, 6) is -1.03. The Kier molecular flexibility index (Phi) is 8.79. The average molecular weight is 571 g/mol. The number of amides is 2. The molecule has 0 unspecified atom stereocenters. The summed E-state index contributed by atoms with van der Waals surface area (Å²) in [6, 6.07) is 10.5. The average Bonchev–Trinajstić information content (AvgIpc) is 2.92. The molecule has 0 bridgehead atoms. The molecule has 2 saturated heterocycles. The number of piperazine rings is 1. The monoisotopic (exact) mass is 570 g/mol. The summed E-state index contributed by atoms with van der Waals surface area (Å²) in [6.07, 6.45) is -9.56. The number of hydrogen-bond donors (Lipinski definition) is 0. The topological polar surface area (TPSA) is 47.1 Å². The first-order valence-electron chi connectivity index (χ1n) is 13.0. The SMILES string of the molecule is CN(C)C(=O)CN1CCN([C@H]2CCN(C(=O)c3cc(C(F)(F)F)cc(C(F)(F)F)c3)C[C@H]2c2ccccc2)CC1. The molecule has 2 fully saturated rings. The summed E-state index contributed by atoms with van der Waals surface area (Å²) < 4.78 is 80.4. The fraction of sp³-hybridized carbons (Fsp3) is 0.500. The molecule has 2 aliphatic heterocycles. The van der Waals surface area contributed by atoms with Crippen molar-refractivity contribution in [2.24, 2.45) is 0 Å². The van der Waals surface area contributed by atoms with E-state index < -0.39 is 35.0 Å². The number of piperidine rings is 1. The van der Waals surface area contributed by atoms with Crippen LogP contribution in [0.15, 0.2) is 48.5 Å². The van der Waals surface area contributed by atoms with Crippen LogP contribution < -0.4 is 0 Å². The van der Waals surface area contributed by atoms with Crippen LogP contribution in [0.25, 0.3) is 0 Å². The maximum absolute atomic E-state index is 13.4. The van der Waals surface area contributed by atoms with Gasteiger partial charge in [0.25, 0.3) is 5.91 Å². The van der Waals surface area contributed by atoms with Crippen molar-refractivity contribution in [3.63, 3.8) is 0 Å².